The number of hydrogen-bond acceptors (Lipinski definition) is 8. The molecule has 4 aromatic rings. The maximum absolute atomic E-state index is 13.3. The quantitative estimate of drug-likeness (QED) is 0.380. The zero-order valence-corrected chi connectivity index (χ0v) is 22.5. The predicted molar refractivity (Wildman–Crippen MR) is 143 cm³/mol. The van der Waals surface area contributed by atoms with Crippen LogP contribution in [0.3, 0.4) is 0 Å². The maximum atomic E-state index is 13.3. The molecule has 3 aliphatic rings. The first kappa shape index (κ1) is 26.6. The SMILES string of the molecule is O=C(C1CC1)N1CCC(O)(Cn2cnc3c(cnn3-c3ccc(N4CCCn5c4nnc5C(F)(F)F)cc3)c2=O)CC1. The zero-order chi connectivity index (χ0) is 29.2. The summed E-state index contributed by atoms with van der Waals surface area (Å²) in [6.45, 7) is 1.66. The van der Waals surface area contributed by atoms with E-state index in [0.717, 1.165) is 17.4 Å². The van der Waals surface area contributed by atoms with Gasteiger partial charge in [0.05, 0.1) is 24.0 Å². The molecule has 1 saturated heterocycles. The molecule has 7 rings (SSSR count). The number of carbonyl (C=O) groups is 1. The molecule has 12 nitrogen and oxygen atoms in total. The van der Waals surface area contributed by atoms with Crippen LogP contribution in [0.4, 0.5) is 24.8 Å². The third-order valence-corrected chi connectivity index (χ3v) is 8.35. The standard InChI is InChI=1S/C27H28F3N9O3/c28-27(29,30)24-33-34-25-37(10-1-11-38(24)25)18-4-6-19(7-5-18)39-21-20(14-32-39)23(41)36(16-31-21)15-26(42)8-12-35(13-9-26)22(40)17-2-3-17/h4-7,14,16-17,42H,1-3,8-13,15H2. The number of nitrogens with zero attached hydrogens (tertiary/aromatic N) is 9. The third-order valence-electron chi connectivity index (χ3n) is 8.35. The lowest BCUT2D eigenvalue weighted by atomic mass is 9.91. The molecule has 15 heteroatoms. The Labute approximate surface area is 237 Å². The molecule has 1 aliphatic carbocycles. The lowest BCUT2D eigenvalue weighted by molar-refractivity contribution is -0.147. The van der Waals surface area contributed by atoms with E-state index in [1.165, 1.54) is 21.8 Å². The van der Waals surface area contributed by atoms with Gasteiger partial charge in [0.1, 0.15) is 11.7 Å². The molecule has 1 aromatic carbocycles. The van der Waals surface area contributed by atoms with E-state index in [1.54, 1.807) is 29.2 Å². The van der Waals surface area contributed by atoms with Gasteiger partial charge in [-0.3, -0.25) is 18.7 Å². The number of amides is 1. The molecule has 1 amide bonds. The molecule has 220 valence electrons. The van der Waals surface area contributed by atoms with Gasteiger partial charge in [0, 0.05) is 37.8 Å². The molecular formula is C27H28F3N9O3. The van der Waals surface area contributed by atoms with Gasteiger partial charge in [0.2, 0.25) is 17.7 Å². The summed E-state index contributed by atoms with van der Waals surface area (Å²) in [7, 11) is 0. The summed E-state index contributed by atoms with van der Waals surface area (Å²) >= 11 is 0. The largest absolute Gasteiger partial charge is 0.451 e. The fourth-order valence-electron chi connectivity index (χ4n) is 5.87. The maximum Gasteiger partial charge on any atom is 0.451 e. The molecule has 0 spiro atoms. The second kappa shape index (κ2) is 9.64. The second-order valence-electron chi connectivity index (χ2n) is 11.3. The number of rotatable bonds is 5. The Balaban J connectivity index is 1.09. The van der Waals surface area contributed by atoms with Crippen molar-refractivity contribution in [3.8, 4) is 5.69 Å². The highest BCUT2D eigenvalue weighted by Crippen LogP contribution is 2.36. The van der Waals surface area contributed by atoms with Crippen LogP contribution in [0.5, 0.6) is 0 Å². The summed E-state index contributed by atoms with van der Waals surface area (Å²) in [5, 5.41) is 23.0. The molecule has 0 bridgehead atoms. The van der Waals surface area contributed by atoms with E-state index in [2.05, 4.69) is 20.3 Å². The minimum Gasteiger partial charge on any atom is -0.388 e. The molecule has 1 N–H and O–H groups in total. The highest BCUT2D eigenvalue weighted by Gasteiger charge is 2.41. The zero-order valence-electron chi connectivity index (χ0n) is 22.5. The summed E-state index contributed by atoms with van der Waals surface area (Å²) in [5.74, 6) is -0.585. The van der Waals surface area contributed by atoms with Crippen LogP contribution < -0.4 is 10.5 Å². The molecule has 2 fully saturated rings. The Morgan fingerprint density at radius 2 is 1.74 bits per heavy atom. The summed E-state index contributed by atoms with van der Waals surface area (Å²) in [5.41, 5.74) is 0.143. The van der Waals surface area contributed by atoms with Gasteiger partial charge in [-0.1, -0.05) is 0 Å². The molecule has 0 radical (unpaired) electrons. The lowest BCUT2D eigenvalue weighted by Crippen LogP contribution is -2.50. The van der Waals surface area contributed by atoms with Gasteiger partial charge in [0.25, 0.3) is 5.56 Å². The number of carbonyl (C=O) groups excluding carboxylic acids is 1. The van der Waals surface area contributed by atoms with Crippen molar-refractivity contribution in [2.24, 2.45) is 5.92 Å². The Morgan fingerprint density at radius 3 is 2.43 bits per heavy atom. The minimum absolute atomic E-state index is 0.0661. The van der Waals surface area contributed by atoms with Crippen molar-refractivity contribution in [1.82, 2.24) is 39.0 Å². The van der Waals surface area contributed by atoms with E-state index in [9.17, 15) is 27.9 Å². The molecular weight excluding hydrogens is 555 g/mol. The molecule has 0 atom stereocenters. The van der Waals surface area contributed by atoms with Crippen LogP contribution in [0.15, 0.2) is 41.6 Å². The van der Waals surface area contributed by atoms with Gasteiger partial charge in [-0.25, -0.2) is 9.67 Å². The first-order chi connectivity index (χ1) is 20.1. The number of likely N-dealkylation sites (tertiary alicyclic amines) is 1. The van der Waals surface area contributed by atoms with Gasteiger partial charge in [0.15, 0.2) is 5.65 Å². The van der Waals surface area contributed by atoms with Gasteiger partial charge in [-0.2, -0.15) is 18.3 Å². The number of benzene rings is 1. The summed E-state index contributed by atoms with van der Waals surface area (Å²) in [6, 6.07) is 6.98. The van der Waals surface area contributed by atoms with Crippen LogP contribution in [-0.2, 0) is 24.1 Å². The topological polar surface area (TPSA) is 127 Å². The molecule has 0 unspecified atom stereocenters. The van der Waals surface area contributed by atoms with Gasteiger partial charge in [-0.15, -0.1) is 10.2 Å². The average Bonchev–Trinajstić information content (AvgIpc) is 3.57. The van der Waals surface area contributed by atoms with Crippen molar-refractivity contribution in [1.29, 1.82) is 0 Å². The average molecular weight is 584 g/mol. The van der Waals surface area contributed by atoms with Crippen LogP contribution in [0.1, 0.15) is 37.9 Å². The summed E-state index contributed by atoms with van der Waals surface area (Å²) in [6.07, 6.45) is 1.38. The van der Waals surface area contributed by atoms with Crippen LogP contribution in [0.25, 0.3) is 16.7 Å². The number of hydrogen-bond donors (Lipinski definition) is 1. The van der Waals surface area contributed by atoms with Crippen LogP contribution in [0.2, 0.25) is 0 Å². The first-order valence-electron chi connectivity index (χ1n) is 13.9. The Kier molecular flexibility index (Phi) is 6.11. The summed E-state index contributed by atoms with van der Waals surface area (Å²) in [4.78, 5) is 33.6. The number of anilines is 2. The summed E-state index contributed by atoms with van der Waals surface area (Å²) < 4.78 is 44.0. The number of fused-ring (bicyclic) bond motifs is 2. The predicted octanol–water partition coefficient (Wildman–Crippen LogP) is 2.50. The second-order valence-corrected chi connectivity index (χ2v) is 11.3. The number of alkyl halides is 3. The molecule has 1 saturated carbocycles. The van der Waals surface area contributed by atoms with Crippen molar-refractivity contribution in [2.75, 3.05) is 24.5 Å². The molecule has 5 heterocycles. The van der Waals surface area contributed by atoms with E-state index in [1.807, 2.05) is 4.90 Å². The smallest absolute Gasteiger partial charge is 0.388 e. The van der Waals surface area contributed by atoms with Crippen molar-refractivity contribution in [3.05, 3.63) is 53.0 Å². The third kappa shape index (κ3) is 4.61. The number of aromatic nitrogens is 7. The Hall–Kier alpha value is -4.27. The van der Waals surface area contributed by atoms with E-state index in [4.69, 9.17) is 0 Å². The fraction of sp³-hybridized carbons (Fsp3) is 0.481. The Morgan fingerprint density at radius 1 is 1.02 bits per heavy atom. The monoisotopic (exact) mass is 583 g/mol. The molecule has 2 aliphatic heterocycles. The van der Waals surface area contributed by atoms with Gasteiger partial charge in [-0.05, 0) is 56.4 Å². The molecule has 3 aromatic heterocycles. The van der Waals surface area contributed by atoms with Crippen LogP contribution >= 0.6 is 0 Å². The highest BCUT2D eigenvalue weighted by molar-refractivity contribution is 5.81. The highest BCUT2D eigenvalue weighted by atomic mass is 19.4. The van der Waals surface area contributed by atoms with Gasteiger partial charge < -0.3 is 14.9 Å². The van der Waals surface area contributed by atoms with Crippen LogP contribution in [0, 0.1) is 5.92 Å². The number of aliphatic hydroxyl groups is 1. The molecule has 42 heavy (non-hydrogen) atoms. The van der Waals surface area contributed by atoms with Crippen LogP contribution in [-0.4, -0.2) is 75.2 Å². The van der Waals surface area contributed by atoms with E-state index in [0.29, 0.717) is 55.9 Å². The Bertz CT molecular complexity index is 1710. The minimum atomic E-state index is -4.59. The lowest BCUT2D eigenvalue weighted by Gasteiger charge is -2.38. The number of piperidine rings is 1. The van der Waals surface area contributed by atoms with Crippen molar-refractivity contribution in [2.45, 2.75) is 57.0 Å². The van der Waals surface area contributed by atoms with Crippen molar-refractivity contribution >= 4 is 28.6 Å². The van der Waals surface area contributed by atoms with E-state index < -0.39 is 17.6 Å². The first-order valence-corrected chi connectivity index (χ1v) is 13.9. The fourth-order valence-corrected chi connectivity index (χ4v) is 5.87. The van der Waals surface area contributed by atoms with E-state index in [-0.39, 0.29) is 41.8 Å². The van der Waals surface area contributed by atoms with Gasteiger partial charge >= 0.3 is 6.18 Å². The van der Waals surface area contributed by atoms with Crippen molar-refractivity contribution in [3.63, 3.8) is 0 Å². The van der Waals surface area contributed by atoms with Crippen molar-refractivity contribution < 1.29 is 23.1 Å². The number of halogens is 3. The normalized spacial score (nSPS) is 18.9. The van der Waals surface area contributed by atoms with E-state index >= 15 is 0 Å².